The predicted molar refractivity (Wildman–Crippen MR) is 60.9 cm³/mol. The summed E-state index contributed by atoms with van der Waals surface area (Å²) in [4.78, 5) is 21.6. The van der Waals surface area contributed by atoms with Crippen LogP contribution in [0.1, 0.15) is 26.7 Å². The van der Waals surface area contributed by atoms with Gasteiger partial charge < -0.3 is 15.8 Å². The molecular weight excluding hydrogens is 210 g/mol. The van der Waals surface area contributed by atoms with E-state index in [0.717, 1.165) is 19.4 Å². The summed E-state index contributed by atoms with van der Waals surface area (Å²) >= 11 is 0. The lowest BCUT2D eigenvalue weighted by molar-refractivity contribution is -0.121. The van der Waals surface area contributed by atoms with Crippen LogP contribution in [0.5, 0.6) is 0 Å². The maximum atomic E-state index is 11.2. The van der Waals surface area contributed by atoms with E-state index in [0.29, 0.717) is 13.2 Å². The smallest absolute Gasteiger partial charge is 0.318 e. The van der Waals surface area contributed by atoms with Crippen molar-refractivity contribution in [2.24, 2.45) is 5.73 Å². The number of carbonyl (C=O) groups is 2. The van der Waals surface area contributed by atoms with Crippen LogP contribution < -0.4 is 16.4 Å². The Hall–Kier alpha value is -1.14. The molecule has 0 aromatic carbocycles. The van der Waals surface area contributed by atoms with Gasteiger partial charge in [-0.1, -0.05) is 6.92 Å². The molecular formula is C10H21N3O3. The van der Waals surface area contributed by atoms with Crippen LogP contribution in [0.3, 0.4) is 0 Å². The first-order valence-corrected chi connectivity index (χ1v) is 5.49. The van der Waals surface area contributed by atoms with Gasteiger partial charge in [-0.2, -0.15) is 0 Å². The van der Waals surface area contributed by atoms with E-state index >= 15 is 0 Å². The van der Waals surface area contributed by atoms with Crippen molar-refractivity contribution in [2.45, 2.75) is 32.7 Å². The molecule has 0 spiro atoms. The lowest BCUT2D eigenvalue weighted by atomic mass is 10.3. The molecule has 0 aliphatic rings. The van der Waals surface area contributed by atoms with Crippen LogP contribution in [-0.4, -0.2) is 37.7 Å². The summed E-state index contributed by atoms with van der Waals surface area (Å²) < 4.78 is 5.27. The molecule has 3 amide bonds. The van der Waals surface area contributed by atoms with Gasteiger partial charge in [0, 0.05) is 13.2 Å². The molecule has 0 aliphatic heterocycles. The highest BCUT2D eigenvalue weighted by atomic mass is 16.5. The van der Waals surface area contributed by atoms with Crippen LogP contribution in [0.2, 0.25) is 0 Å². The predicted octanol–water partition coefficient (Wildman–Crippen LogP) is -0.0239. The average Bonchev–Trinajstić information content (AvgIpc) is 2.21. The second kappa shape index (κ2) is 9.11. The van der Waals surface area contributed by atoms with Crippen molar-refractivity contribution in [1.82, 2.24) is 10.6 Å². The number of hydrogen-bond acceptors (Lipinski definition) is 4. The molecule has 0 aliphatic carbocycles. The van der Waals surface area contributed by atoms with E-state index in [-0.39, 0.29) is 0 Å². The van der Waals surface area contributed by atoms with E-state index in [1.807, 2.05) is 5.32 Å². The number of carbonyl (C=O) groups excluding carboxylic acids is 2. The van der Waals surface area contributed by atoms with Gasteiger partial charge in [0.05, 0.1) is 6.04 Å². The molecule has 4 N–H and O–H groups in total. The van der Waals surface area contributed by atoms with Crippen molar-refractivity contribution >= 4 is 11.9 Å². The Morgan fingerprint density at radius 3 is 2.62 bits per heavy atom. The van der Waals surface area contributed by atoms with Gasteiger partial charge in [0.2, 0.25) is 5.91 Å². The minimum absolute atomic E-state index is 0.415. The van der Waals surface area contributed by atoms with Crippen LogP contribution in [0.15, 0.2) is 0 Å². The number of urea groups is 1. The zero-order valence-corrected chi connectivity index (χ0v) is 9.91. The van der Waals surface area contributed by atoms with Gasteiger partial charge in [0.25, 0.3) is 0 Å². The Labute approximate surface area is 95.9 Å². The number of amides is 3. The largest absolute Gasteiger partial charge is 0.381 e. The molecule has 0 aromatic heterocycles. The summed E-state index contributed by atoms with van der Waals surface area (Å²) in [6.45, 7) is 5.82. The second-order valence-electron chi connectivity index (χ2n) is 3.50. The number of imide groups is 1. The quantitative estimate of drug-likeness (QED) is 0.512. The van der Waals surface area contributed by atoms with E-state index in [2.05, 4.69) is 12.2 Å². The Balaban J connectivity index is 3.46. The van der Waals surface area contributed by atoms with Gasteiger partial charge in [-0.15, -0.1) is 0 Å². The molecule has 0 fully saturated rings. The van der Waals surface area contributed by atoms with Gasteiger partial charge in [-0.05, 0) is 26.3 Å². The second-order valence-corrected chi connectivity index (χ2v) is 3.50. The standard InChI is InChI=1S/C10H21N3O3/c1-3-6-16-7-4-5-12-8(2)9(14)13-10(11)15/h8,12H,3-7H2,1-2H3,(H3,11,13,14,15). The molecule has 0 heterocycles. The van der Waals surface area contributed by atoms with Gasteiger partial charge in [0.1, 0.15) is 0 Å². The monoisotopic (exact) mass is 231 g/mol. The fraction of sp³-hybridized carbons (Fsp3) is 0.800. The SMILES string of the molecule is CCCOCCCNC(C)C(=O)NC(N)=O. The maximum absolute atomic E-state index is 11.2. The summed E-state index contributed by atoms with van der Waals surface area (Å²) in [7, 11) is 0. The molecule has 0 bridgehead atoms. The van der Waals surface area contributed by atoms with Crippen molar-refractivity contribution in [3.8, 4) is 0 Å². The first-order valence-electron chi connectivity index (χ1n) is 5.49. The third-order valence-electron chi connectivity index (χ3n) is 1.90. The van der Waals surface area contributed by atoms with E-state index in [9.17, 15) is 9.59 Å². The first-order chi connectivity index (χ1) is 7.57. The van der Waals surface area contributed by atoms with Gasteiger partial charge in [-0.3, -0.25) is 10.1 Å². The molecule has 0 rings (SSSR count). The Kier molecular flexibility index (Phi) is 8.46. The van der Waals surface area contributed by atoms with E-state index < -0.39 is 18.0 Å². The third kappa shape index (κ3) is 8.19. The molecule has 6 nitrogen and oxygen atoms in total. The first kappa shape index (κ1) is 14.9. The topological polar surface area (TPSA) is 93.4 Å². The van der Waals surface area contributed by atoms with Crippen LogP contribution in [0.4, 0.5) is 4.79 Å². The van der Waals surface area contributed by atoms with Crippen LogP contribution >= 0.6 is 0 Å². The number of nitrogens with two attached hydrogens (primary N) is 1. The van der Waals surface area contributed by atoms with Gasteiger partial charge in [0.15, 0.2) is 0 Å². The lowest BCUT2D eigenvalue weighted by Gasteiger charge is -2.12. The van der Waals surface area contributed by atoms with E-state index in [4.69, 9.17) is 10.5 Å². The number of hydrogen-bond donors (Lipinski definition) is 3. The van der Waals surface area contributed by atoms with Crippen molar-refractivity contribution in [3.63, 3.8) is 0 Å². The number of primary amides is 1. The Bertz CT molecular complexity index is 221. The average molecular weight is 231 g/mol. The molecule has 0 aromatic rings. The zero-order chi connectivity index (χ0) is 12.4. The fourth-order valence-corrected chi connectivity index (χ4v) is 1.06. The summed E-state index contributed by atoms with van der Waals surface area (Å²) in [5.41, 5.74) is 4.82. The number of rotatable bonds is 8. The fourth-order valence-electron chi connectivity index (χ4n) is 1.06. The van der Waals surface area contributed by atoms with Crippen LogP contribution in [0.25, 0.3) is 0 Å². The van der Waals surface area contributed by atoms with Crippen LogP contribution in [-0.2, 0) is 9.53 Å². The molecule has 6 heteroatoms. The van der Waals surface area contributed by atoms with E-state index in [1.54, 1.807) is 6.92 Å². The lowest BCUT2D eigenvalue weighted by Crippen LogP contribution is -2.46. The zero-order valence-electron chi connectivity index (χ0n) is 9.91. The Morgan fingerprint density at radius 2 is 2.06 bits per heavy atom. The van der Waals surface area contributed by atoms with Crippen molar-refractivity contribution in [2.75, 3.05) is 19.8 Å². The minimum Gasteiger partial charge on any atom is -0.381 e. The van der Waals surface area contributed by atoms with Crippen molar-refractivity contribution < 1.29 is 14.3 Å². The van der Waals surface area contributed by atoms with Crippen molar-refractivity contribution in [1.29, 1.82) is 0 Å². The normalized spacial score (nSPS) is 12.1. The minimum atomic E-state index is -0.829. The molecule has 0 saturated heterocycles. The molecule has 1 atom stereocenters. The molecule has 0 saturated carbocycles. The molecule has 16 heavy (non-hydrogen) atoms. The highest BCUT2D eigenvalue weighted by molar-refractivity contribution is 5.96. The summed E-state index contributed by atoms with van der Waals surface area (Å²) in [6.07, 6.45) is 1.83. The molecule has 0 radical (unpaired) electrons. The summed E-state index contributed by atoms with van der Waals surface area (Å²) in [5, 5.41) is 4.97. The Morgan fingerprint density at radius 1 is 1.38 bits per heavy atom. The van der Waals surface area contributed by atoms with Crippen LogP contribution in [0, 0.1) is 0 Å². The van der Waals surface area contributed by atoms with Gasteiger partial charge in [-0.25, -0.2) is 4.79 Å². The number of nitrogens with one attached hydrogen (secondary N) is 2. The highest BCUT2D eigenvalue weighted by Gasteiger charge is 2.12. The number of ether oxygens (including phenoxy) is 1. The molecule has 1 unspecified atom stereocenters. The molecule has 94 valence electrons. The summed E-state index contributed by atoms with van der Waals surface area (Å²) in [6, 6.07) is -1.26. The van der Waals surface area contributed by atoms with E-state index in [1.165, 1.54) is 0 Å². The third-order valence-corrected chi connectivity index (χ3v) is 1.90. The highest BCUT2D eigenvalue weighted by Crippen LogP contribution is 1.86. The van der Waals surface area contributed by atoms with Gasteiger partial charge >= 0.3 is 6.03 Å². The summed E-state index contributed by atoms with van der Waals surface area (Å²) in [5.74, 6) is -0.415. The maximum Gasteiger partial charge on any atom is 0.318 e. The van der Waals surface area contributed by atoms with Crippen molar-refractivity contribution in [3.05, 3.63) is 0 Å².